The van der Waals surface area contributed by atoms with E-state index in [1.54, 1.807) is 0 Å². The summed E-state index contributed by atoms with van der Waals surface area (Å²) in [4.78, 5) is 0. The molecule has 0 unspecified atom stereocenters. The molecule has 0 aromatic carbocycles. The molecule has 1 heterocycles. The third-order valence-electron chi connectivity index (χ3n) is 0.860. The highest BCUT2D eigenvalue weighted by molar-refractivity contribution is 4.44. The molecule has 0 saturated heterocycles. The van der Waals surface area contributed by atoms with Gasteiger partial charge in [0.05, 0.1) is 0 Å². The van der Waals surface area contributed by atoms with Crippen LogP contribution < -0.4 is 5.43 Å². The van der Waals surface area contributed by atoms with Crippen molar-refractivity contribution in [3.8, 4) is 0 Å². The fraction of sp³-hybridized carbons (Fsp3) is 1.00. The van der Waals surface area contributed by atoms with Crippen molar-refractivity contribution in [1.82, 2.24) is 10.4 Å². The highest BCUT2D eigenvalue weighted by Gasteiger charge is 1.99. The van der Waals surface area contributed by atoms with Gasteiger partial charge in [-0.05, 0) is 6.92 Å². The molecule has 1 aliphatic rings. The molecule has 0 radical (unpaired) electrons. The third kappa shape index (κ3) is 0.792. The lowest BCUT2D eigenvalue weighted by Gasteiger charge is -2.03. The first kappa shape index (κ1) is 4.36. The number of nitrogens with one attached hydrogen (secondary N) is 1. The summed E-state index contributed by atoms with van der Waals surface area (Å²) in [6, 6.07) is 0. The van der Waals surface area contributed by atoms with E-state index in [9.17, 15) is 0 Å². The minimum Gasteiger partial charge on any atom is -0.269 e. The molecule has 0 saturated carbocycles. The van der Waals surface area contributed by atoms with Crippen LogP contribution in [0.3, 0.4) is 0 Å². The Labute approximate surface area is 42.2 Å². The van der Waals surface area contributed by atoms with Gasteiger partial charge in [0.1, 0.15) is 6.67 Å². The van der Waals surface area contributed by atoms with Crippen LogP contribution in [0.5, 0.6) is 0 Å². The highest BCUT2D eigenvalue weighted by atomic mass is 15.7. The van der Waals surface area contributed by atoms with Gasteiger partial charge in [-0.15, -0.1) is 0 Å². The van der Waals surface area contributed by atoms with Crippen LogP contribution in [-0.4, -0.2) is 18.2 Å². The van der Waals surface area contributed by atoms with Crippen molar-refractivity contribution < 1.29 is 0 Å². The fourth-order valence-electron chi connectivity index (χ4n) is 0.415. The minimum absolute atomic E-state index is 0.760. The van der Waals surface area contributed by atoms with Gasteiger partial charge in [-0.2, -0.15) is 0 Å². The van der Waals surface area contributed by atoms with Gasteiger partial charge in [-0.1, -0.05) is 10.4 Å². The van der Waals surface area contributed by atoms with E-state index in [0.717, 1.165) is 13.2 Å². The second kappa shape index (κ2) is 1.77. The first-order valence-electron chi connectivity index (χ1n) is 2.32. The Morgan fingerprint density at radius 2 is 2.71 bits per heavy atom. The number of rotatable bonds is 1. The molecule has 1 N–H and O–H groups in total. The Morgan fingerprint density at radius 1 is 1.86 bits per heavy atom. The van der Waals surface area contributed by atoms with E-state index in [-0.39, 0.29) is 0 Å². The Kier molecular flexibility index (Phi) is 1.10. The molecular weight excluding hydrogens is 92.1 g/mol. The van der Waals surface area contributed by atoms with Crippen molar-refractivity contribution in [2.75, 3.05) is 13.2 Å². The van der Waals surface area contributed by atoms with Gasteiger partial charge in [0, 0.05) is 6.54 Å². The maximum Gasteiger partial charge on any atom is 0.124 e. The van der Waals surface area contributed by atoms with Gasteiger partial charge in [0.15, 0.2) is 0 Å². The van der Waals surface area contributed by atoms with Gasteiger partial charge in [0.2, 0.25) is 0 Å². The van der Waals surface area contributed by atoms with Gasteiger partial charge in [-0.3, -0.25) is 10.4 Å². The Balaban J connectivity index is 2.28. The predicted octanol–water partition coefficient (Wildman–Crippen LogP) is 0.151. The fourth-order valence-corrected chi connectivity index (χ4v) is 0.415. The zero-order valence-corrected chi connectivity index (χ0v) is 4.26. The summed E-state index contributed by atoms with van der Waals surface area (Å²) in [5.74, 6) is 0. The zero-order valence-electron chi connectivity index (χ0n) is 4.26. The van der Waals surface area contributed by atoms with Crippen LogP contribution in [-0.2, 0) is 0 Å². The lowest BCUT2D eigenvalue weighted by atomic mass is 10.7. The van der Waals surface area contributed by atoms with E-state index in [0.29, 0.717) is 0 Å². The van der Waals surface area contributed by atoms with Crippen molar-refractivity contribution in [3.63, 3.8) is 0 Å². The SMILES string of the molecule is CCN1CNN=N1. The molecule has 0 fully saturated rings. The molecule has 0 aromatic rings. The summed E-state index contributed by atoms with van der Waals surface area (Å²) >= 11 is 0. The van der Waals surface area contributed by atoms with E-state index in [4.69, 9.17) is 0 Å². The van der Waals surface area contributed by atoms with Crippen LogP contribution >= 0.6 is 0 Å². The average Bonchev–Trinajstić information content (AvgIpc) is 2.14. The normalized spacial score (nSPS) is 17.6. The van der Waals surface area contributed by atoms with E-state index in [1.165, 1.54) is 0 Å². The first-order valence-corrected chi connectivity index (χ1v) is 2.32. The lowest BCUT2D eigenvalue weighted by Crippen LogP contribution is -2.19. The van der Waals surface area contributed by atoms with Crippen LogP contribution in [0.25, 0.3) is 0 Å². The molecule has 4 nitrogen and oxygen atoms in total. The smallest absolute Gasteiger partial charge is 0.124 e. The van der Waals surface area contributed by atoms with Crippen LogP contribution in [0.15, 0.2) is 10.4 Å². The van der Waals surface area contributed by atoms with Crippen LogP contribution in [0.4, 0.5) is 0 Å². The van der Waals surface area contributed by atoms with Crippen molar-refractivity contribution >= 4 is 0 Å². The van der Waals surface area contributed by atoms with Crippen LogP contribution in [0.1, 0.15) is 6.92 Å². The predicted molar refractivity (Wildman–Crippen MR) is 25.2 cm³/mol. The molecule has 40 valence electrons. The summed E-state index contributed by atoms with van der Waals surface area (Å²) in [6.45, 7) is 3.72. The van der Waals surface area contributed by atoms with Gasteiger partial charge < -0.3 is 0 Å². The molecule has 1 aliphatic heterocycles. The summed E-state index contributed by atoms with van der Waals surface area (Å²) in [5, 5.41) is 9.07. The molecule has 1 rings (SSSR count). The van der Waals surface area contributed by atoms with E-state index >= 15 is 0 Å². The largest absolute Gasteiger partial charge is 0.269 e. The molecular formula is C3H8N4. The minimum atomic E-state index is 0.760. The standard InChI is InChI=1S/C3H8N4/c1-2-7-3-4-5-6-7/h2-3H2,1H3,(H,4,6). The molecule has 0 amide bonds. The Bertz CT molecular complexity index is 79.0. The van der Waals surface area contributed by atoms with E-state index < -0.39 is 0 Å². The molecule has 7 heavy (non-hydrogen) atoms. The van der Waals surface area contributed by atoms with Crippen LogP contribution in [0, 0.1) is 0 Å². The number of hydrogen-bond acceptors (Lipinski definition) is 4. The van der Waals surface area contributed by atoms with Crippen molar-refractivity contribution in [2.24, 2.45) is 10.4 Å². The Morgan fingerprint density at radius 3 is 3.00 bits per heavy atom. The molecule has 0 aromatic heterocycles. The average molecular weight is 100 g/mol. The highest BCUT2D eigenvalue weighted by Crippen LogP contribution is 1.91. The summed E-state index contributed by atoms with van der Waals surface area (Å²) in [6.07, 6.45) is 0. The van der Waals surface area contributed by atoms with Crippen molar-refractivity contribution in [3.05, 3.63) is 0 Å². The molecule has 0 spiro atoms. The second-order valence-corrected chi connectivity index (χ2v) is 1.33. The molecule has 0 atom stereocenters. The zero-order chi connectivity index (χ0) is 5.11. The second-order valence-electron chi connectivity index (χ2n) is 1.33. The summed E-state index contributed by atoms with van der Waals surface area (Å²) in [7, 11) is 0. The van der Waals surface area contributed by atoms with Crippen molar-refractivity contribution in [1.29, 1.82) is 0 Å². The van der Waals surface area contributed by atoms with Crippen molar-refractivity contribution in [2.45, 2.75) is 6.92 Å². The van der Waals surface area contributed by atoms with Gasteiger partial charge >= 0.3 is 0 Å². The Hall–Kier alpha value is -0.800. The van der Waals surface area contributed by atoms with E-state index in [2.05, 4.69) is 15.9 Å². The molecule has 0 aliphatic carbocycles. The summed E-state index contributed by atoms with van der Waals surface area (Å²) in [5.41, 5.74) is 2.71. The summed E-state index contributed by atoms with van der Waals surface area (Å²) < 4.78 is 0. The third-order valence-corrected chi connectivity index (χ3v) is 0.860. The van der Waals surface area contributed by atoms with Gasteiger partial charge in [0.25, 0.3) is 0 Å². The molecule has 0 bridgehead atoms. The van der Waals surface area contributed by atoms with Gasteiger partial charge in [-0.25, -0.2) is 0 Å². The van der Waals surface area contributed by atoms with Crippen LogP contribution in [0.2, 0.25) is 0 Å². The number of nitrogens with zero attached hydrogens (tertiary/aromatic N) is 3. The maximum atomic E-state index is 3.70. The van der Waals surface area contributed by atoms with E-state index in [1.807, 2.05) is 11.9 Å². The quantitative estimate of drug-likeness (QED) is 0.509. The topological polar surface area (TPSA) is 40.0 Å². The number of hydrogen-bond donors (Lipinski definition) is 1. The maximum absolute atomic E-state index is 3.70. The lowest BCUT2D eigenvalue weighted by molar-refractivity contribution is 0.325. The molecule has 4 heteroatoms. The monoisotopic (exact) mass is 100 g/mol. The first-order chi connectivity index (χ1) is 3.43.